The minimum absolute atomic E-state index is 0.0236. The highest BCUT2D eigenvalue weighted by molar-refractivity contribution is 6.05. The fourth-order valence-corrected chi connectivity index (χ4v) is 3.30. The minimum atomic E-state index is -0.0606. The van der Waals surface area contributed by atoms with Gasteiger partial charge in [-0.2, -0.15) is 0 Å². The quantitative estimate of drug-likeness (QED) is 0.794. The maximum atomic E-state index is 12.4. The molecular formula is C16H19NO3. The van der Waals surface area contributed by atoms with Crippen LogP contribution in [-0.4, -0.2) is 23.8 Å². The first-order valence-electron chi connectivity index (χ1n) is 7.19. The van der Waals surface area contributed by atoms with Crippen molar-refractivity contribution >= 4 is 11.8 Å². The number of benzene rings is 1. The average Bonchev–Trinajstić information content (AvgIpc) is 2.74. The standard InChI is InChI=1S/C16H19NO3/c1-20-12-8-6-11(7-9-12)10-17-15(18)13-4-2-3-5-14(13)16(17)19/h6-9,13-14H,2-5,10H2,1H3/t13-,14-/m1/s1. The first kappa shape index (κ1) is 13.2. The number of fused-ring (bicyclic) bond motifs is 1. The lowest BCUT2D eigenvalue weighted by Gasteiger charge is -2.19. The van der Waals surface area contributed by atoms with Crippen LogP contribution in [0.4, 0.5) is 0 Å². The van der Waals surface area contributed by atoms with Crippen LogP contribution < -0.4 is 4.74 Å². The minimum Gasteiger partial charge on any atom is -0.497 e. The van der Waals surface area contributed by atoms with E-state index in [1.807, 2.05) is 24.3 Å². The van der Waals surface area contributed by atoms with Gasteiger partial charge in [-0.1, -0.05) is 25.0 Å². The zero-order valence-corrected chi connectivity index (χ0v) is 11.7. The molecule has 1 aromatic rings. The molecule has 2 aliphatic rings. The Morgan fingerprint density at radius 2 is 1.60 bits per heavy atom. The molecule has 0 aromatic heterocycles. The number of ether oxygens (including phenoxy) is 1. The summed E-state index contributed by atoms with van der Waals surface area (Å²) in [5.74, 6) is 0.705. The van der Waals surface area contributed by atoms with Gasteiger partial charge in [-0.3, -0.25) is 14.5 Å². The van der Waals surface area contributed by atoms with Crippen molar-refractivity contribution < 1.29 is 14.3 Å². The van der Waals surface area contributed by atoms with Crippen molar-refractivity contribution in [3.8, 4) is 5.75 Å². The first-order valence-corrected chi connectivity index (χ1v) is 7.19. The van der Waals surface area contributed by atoms with E-state index in [1.54, 1.807) is 7.11 Å². The number of methoxy groups -OCH3 is 1. The van der Waals surface area contributed by atoms with Gasteiger partial charge in [0.1, 0.15) is 5.75 Å². The van der Waals surface area contributed by atoms with Crippen molar-refractivity contribution in [1.82, 2.24) is 4.90 Å². The molecular weight excluding hydrogens is 254 g/mol. The van der Waals surface area contributed by atoms with Crippen LogP contribution in [0.1, 0.15) is 31.2 Å². The van der Waals surface area contributed by atoms with Gasteiger partial charge in [-0.25, -0.2) is 0 Å². The number of carbonyl (C=O) groups is 2. The molecule has 4 heteroatoms. The van der Waals surface area contributed by atoms with Crippen molar-refractivity contribution in [1.29, 1.82) is 0 Å². The SMILES string of the molecule is COc1ccc(CN2C(=O)[C@@H]3CCCC[C@H]3C2=O)cc1. The van der Waals surface area contributed by atoms with Gasteiger partial charge in [0.2, 0.25) is 11.8 Å². The maximum Gasteiger partial charge on any atom is 0.233 e. The van der Waals surface area contributed by atoms with E-state index in [1.165, 1.54) is 4.90 Å². The molecule has 2 amide bonds. The zero-order valence-electron chi connectivity index (χ0n) is 11.7. The fraction of sp³-hybridized carbons (Fsp3) is 0.500. The molecule has 0 N–H and O–H groups in total. The van der Waals surface area contributed by atoms with Crippen molar-refractivity contribution in [2.24, 2.45) is 11.8 Å². The molecule has 1 aliphatic heterocycles. The lowest BCUT2D eigenvalue weighted by molar-refractivity contribution is -0.140. The molecule has 0 spiro atoms. The third-order valence-corrected chi connectivity index (χ3v) is 4.43. The van der Waals surface area contributed by atoms with Gasteiger partial charge in [-0.05, 0) is 30.5 Å². The van der Waals surface area contributed by atoms with E-state index < -0.39 is 0 Å². The molecule has 1 heterocycles. The summed E-state index contributed by atoms with van der Waals surface area (Å²) in [5.41, 5.74) is 0.964. The first-order chi connectivity index (χ1) is 9.70. The molecule has 0 radical (unpaired) electrons. The summed E-state index contributed by atoms with van der Waals surface area (Å²) in [6, 6.07) is 7.52. The molecule has 4 nitrogen and oxygen atoms in total. The van der Waals surface area contributed by atoms with Gasteiger partial charge in [-0.15, -0.1) is 0 Å². The Balaban J connectivity index is 1.76. The van der Waals surface area contributed by atoms with Gasteiger partial charge in [0.25, 0.3) is 0 Å². The van der Waals surface area contributed by atoms with Crippen LogP contribution >= 0.6 is 0 Å². The summed E-state index contributed by atoms with van der Waals surface area (Å²) in [6.45, 7) is 0.384. The van der Waals surface area contributed by atoms with E-state index in [0.29, 0.717) is 6.54 Å². The molecule has 2 atom stereocenters. The Labute approximate surface area is 118 Å². The lowest BCUT2D eigenvalue weighted by atomic mass is 9.81. The molecule has 1 aliphatic carbocycles. The Kier molecular flexibility index (Phi) is 3.47. The highest BCUT2D eigenvalue weighted by Crippen LogP contribution is 2.38. The summed E-state index contributed by atoms with van der Waals surface area (Å²) in [4.78, 5) is 26.2. The highest BCUT2D eigenvalue weighted by atomic mass is 16.5. The van der Waals surface area contributed by atoms with E-state index >= 15 is 0 Å². The Hall–Kier alpha value is -1.84. The molecule has 1 saturated carbocycles. The maximum absolute atomic E-state index is 12.4. The van der Waals surface area contributed by atoms with E-state index in [-0.39, 0.29) is 23.7 Å². The summed E-state index contributed by atoms with van der Waals surface area (Å²) in [6.07, 6.45) is 3.87. The van der Waals surface area contributed by atoms with E-state index in [4.69, 9.17) is 4.74 Å². The molecule has 106 valence electrons. The molecule has 20 heavy (non-hydrogen) atoms. The van der Waals surface area contributed by atoms with Crippen LogP contribution in [0.3, 0.4) is 0 Å². The largest absolute Gasteiger partial charge is 0.497 e. The van der Waals surface area contributed by atoms with Gasteiger partial charge >= 0.3 is 0 Å². The average molecular weight is 273 g/mol. The Morgan fingerprint density at radius 3 is 2.10 bits per heavy atom. The summed E-state index contributed by atoms with van der Waals surface area (Å²) < 4.78 is 5.11. The molecule has 0 unspecified atom stereocenters. The summed E-state index contributed by atoms with van der Waals surface area (Å²) in [7, 11) is 1.62. The van der Waals surface area contributed by atoms with Crippen LogP contribution in [0.25, 0.3) is 0 Å². The third-order valence-electron chi connectivity index (χ3n) is 4.43. The summed E-state index contributed by atoms with van der Waals surface area (Å²) >= 11 is 0. The monoisotopic (exact) mass is 273 g/mol. The Morgan fingerprint density at radius 1 is 1.05 bits per heavy atom. The summed E-state index contributed by atoms with van der Waals surface area (Å²) in [5, 5.41) is 0. The second-order valence-electron chi connectivity index (χ2n) is 5.61. The van der Waals surface area contributed by atoms with Gasteiger partial charge in [0.15, 0.2) is 0 Å². The van der Waals surface area contributed by atoms with Gasteiger partial charge < -0.3 is 4.74 Å². The van der Waals surface area contributed by atoms with Crippen LogP contribution in [0.15, 0.2) is 24.3 Å². The number of nitrogens with zero attached hydrogens (tertiary/aromatic N) is 1. The number of hydrogen-bond acceptors (Lipinski definition) is 3. The second kappa shape index (κ2) is 5.27. The third kappa shape index (κ3) is 2.19. The van der Waals surface area contributed by atoms with Crippen molar-refractivity contribution in [3.63, 3.8) is 0 Å². The normalized spacial score (nSPS) is 25.8. The predicted molar refractivity (Wildman–Crippen MR) is 74.0 cm³/mol. The number of rotatable bonds is 3. The van der Waals surface area contributed by atoms with Crippen LogP contribution in [0.2, 0.25) is 0 Å². The molecule has 3 rings (SSSR count). The molecule has 1 aromatic carbocycles. The Bertz CT molecular complexity index is 499. The molecule has 0 bridgehead atoms. The van der Waals surface area contributed by atoms with Crippen LogP contribution in [0, 0.1) is 11.8 Å². The molecule has 1 saturated heterocycles. The number of likely N-dealkylation sites (tertiary alicyclic amines) is 1. The predicted octanol–water partition coefficient (Wildman–Crippen LogP) is 2.37. The highest BCUT2D eigenvalue weighted by Gasteiger charge is 2.47. The van der Waals surface area contributed by atoms with E-state index in [9.17, 15) is 9.59 Å². The van der Waals surface area contributed by atoms with Crippen molar-refractivity contribution in [2.45, 2.75) is 32.2 Å². The smallest absolute Gasteiger partial charge is 0.233 e. The fourth-order valence-electron chi connectivity index (χ4n) is 3.30. The van der Waals surface area contributed by atoms with E-state index in [0.717, 1.165) is 37.0 Å². The van der Waals surface area contributed by atoms with Gasteiger partial charge in [0.05, 0.1) is 25.5 Å². The molecule has 2 fully saturated rings. The number of carbonyl (C=O) groups excluding carboxylic acids is 2. The number of amides is 2. The second-order valence-corrected chi connectivity index (χ2v) is 5.61. The van der Waals surface area contributed by atoms with E-state index in [2.05, 4.69) is 0 Å². The topological polar surface area (TPSA) is 46.6 Å². The van der Waals surface area contributed by atoms with Crippen molar-refractivity contribution in [3.05, 3.63) is 29.8 Å². The lowest BCUT2D eigenvalue weighted by Crippen LogP contribution is -2.30. The number of imide groups is 1. The van der Waals surface area contributed by atoms with Crippen LogP contribution in [0.5, 0.6) is 5.75 Å². The number of hydrogen-bond donors (Lipinski definition) is 0. The van der Waals surface area contributed by atoms with Crippen LogP contribution in [-0.2, 0) is 16.1 Å². The van der Waals surface area contributed by atoms with Gasteiger partial charge in [0, 0.05) is 0 Å². The van der Waals surface area contributed by atoms with Crippen molar-refractivity contribution in [2.75, 3.05) is 7.11 Å². The zero-order chi connectivity index (χ0) is 14.1.